The van der Waals surface area contributed by atoms with Crippen molar-refractivity contribution < 1.29 is 35.8 Å². The largest absolute Gasteiger partial charge is 0.573 e. The summed E-state index contributed by atoms with van der Waals surface area (Å²) in [5.41, 5.74) is 1.02. The average molecular weight is 391 g/mol. The monoisotopic (exact) mass is 391 g/mol. The molecule has 0 aliphatic rings. The van der Waals surface area contributed by atoms with E-state index < -0.39 is 24.1 Å². The van der Waals surface area contributed by atoms with Crippen LogP contribution in [0.3, 0.4) is 0 Å². The van der Waals surface area contributed by atoms with Gasteiger partial charge in [0.1, 0.15) is 5.75 Å². The molecule has 3 rings (SSSR count). The van der Waals surface area contributed by atoms with Crippen LogP contribution in [0, 0.1) is 0 Å². The van der Waals surface area contributed by atoms with Crippen molar-refractivity contribution in [3.63, 3.8) is 0 Å². The Balaban J connectivity index is 2.08. The SMILES string of the molecule is COCc1cc(-c2ccc(OC(F)(F)F)cc2)cn2c(C(F)(F)F)nnc12. The molecule has 0 spiro atoms. The molecule has 0 aliphatic heterocycles. The highest BCUT2D eigenvalue weighted by Gasteiger charge is 2.37. The van der Waals surface area contributed by atoms with Gasteiger partial charge in [0.2, 0.25) is 5.82 Å². The van der Waals surface area contributed by atoms with E-state index in [-0.39, 0.29) is 12.3 Å². The minimum absolute atomic E-state index is 0.0232. The van der Waals surface area contributed by atoms with Gasteiger partial charge in [-0.25, -0.2) is 0 Å². The highest BCUT2D eigenvalue weighted by Crippen LogP contribution is 2.32. The van der Waals surface area contributed by atoms with Gasteiger partial charge < -0.3 is 9.47 Å². The summed E-state index contributed by atoms with van der Waals surface area (Å²) in [6.45, 7) is -0.0252. The Morgan fingerprint density at radius 1 is 0.963 bits per heavy atom. The van der Waals surface area contributed by atoms with Crippen LogP contribution in [0.4, 0.5) is 26.3 Å². The number of hydrogen-bond donors (Lipinski definition) is 0. The number of benzene rings is 1. The van der Waals surface area contributed by atoms with Crippen LogP contribution in [0.25, 0.3) is 16.8 Å². The van der Waals surface area contributed by atoms with Crippen molar-refractivity contribution in [3.8, 4) is 16.9 Å². The lowest BCUT2D eigenvalue weighted by Gasteiger charge is -2.11. The molecule has 2 aromatic heterocycles. The van der Waals surface area contributed by atoms with Gasteiger partial charge in [-0.1, -0.05) is 12.1 Å². The van der Waals surface area contributed by atoms with Gasteiger partial charge in [-0.2, -0.15) is 13.2 Å². The van der Waals surface area contributed by atoms with Crippen LogP contribution in [0.5, 0.6) is 5.75 Å². The Bertz CT molecular complexity index is 948. The van der Waals surface area contributed by atoms with Gasteiger partial charge in [-0.15, -0.1) is 23.4 Å². The van der Waals surface area contributed by atoms with Crippen molar-refractivity contribution in [1.29, 1.82) is 0 Å². The summed E-state index contributed by atoms with van der Waals surface area (Å²) < 4.78 is 85.7. The van der Waals surface area contributed by atoms with Crippen LogP contribution in [0.2, 0.25) is 0 Å². The maximum absolute atomic E-state index is 13.1. The molecule has 0 atom stereocenters. The number of hydrogen-bond acceptors (Lipinski definition) is 4. The molecule has 5 nitrogen and oxygen atoms in total. The van der Waals surface area contributed by atoms with E-state index in [0.29, 0.717) is 16.7 Å². The third-order valence-corrected chi connectivity index (χ3v) is 3.56. The highest BCUT2D eigenvalue weighted by atomic mass is 19.4. The van der Waals surface area contributed by atoms with E-state index in [9.17, 15) is 26.3 Å². The highest BCUT2D eigenvalue weighted by molar-refractivity contribution is 5.67. The molecule has 0 radical (unpaired) electrons. The lowest BCUT2D eigenvalue weighted by Crippen LogP contribution is -2.16. The summed E-state index contributed by atoms with van der Waals surface area (Å²) in [6, 6.07) is 6.28. The van der Waals surface area contributed by atoms with Crippen LogP contribution in [-0.2, 0) is 17.5 Å². The van der Waals surface area contributed by atoms with Gasteiger partial charge in [0.05, 0.1) is 6.61 Å². The van der Waals surface area contributed by atoms with Crippen molar-refractivity contribution in [2.75, 3.05) is 7.11 Å². The molecule has 0 amide bonds. The van der Waals surface area contributed by atoms with E-state index in [1.807, 2.05) is 0 Å². The summed E-state index contributed by atoms with van der Waals surface area (Å²) in [5, 5.41) is 6.75. The van der Waals surface area contributed by atoms with Crippen LogP contribution < -0.4 is 4.74 Å². The lowest BCUT2D eigenvalue weighted by molar-refractivity contribution is -0.274. The van der Waals surface area contributed by atoms with Gasteiger partial charge in [0.25, 0.3) is 0 Å². The average Bonchev–Trinajstić information content (AvgIpc) is 2.98. The van der Waals surface area contributed by atoms with Crippen molar-refractivity contribution >= 4 is 5.65 Å². The Morgan fingerprint density at radius 3 is 2.19 bits per heavy atom. The summed E-state index contributed by atoms with van der Waals surface area (Å²) >= 11 is 0. The summed E-state index contributed by atoms with van der Waals surface area (Å²) in [6.07, 6.45) is -8.40. The molecule has 1 aromatic carbocycles. The van der Waals surface area contributed by atoms with Gasteiger partial charge in [0, 0.05) is 18.9 Å². The molecule has 0 aliphatic carbocycles. The zero-order valence-corrected chi connectivity index (χ0v) is 13.6. The Morgan fingerprint density at radius 2 is 1.63 bits per heavy atom. The van der Waals surface area contributed by atoms with Crippen molar-refractivity contribution in [2.24, 2.45) is 0 Å². The first-order valence-electron chi connectivity index (χ1n) is 7.38. The van der Waals surface area contributed by atoms with Crippen molar-refractivity contribution in [2.45, 2.75) is 19.1 Å². The molecule has 3 aromatic rings. The maximum atomic E-state index is 13.1. The number of halogens is 6. The van der Waals surface area contributed by atoms with E-state index >= 15 is 0 Å². The molecular formula is C16H11F6N3O2. The fraction of sp³-hybridized carbons (Fsp3) is 0.250. The molecule has 27 heavy (non-hydrogen) atoms. The molecule has 0 N–H and O–H groups in total. The van der Waals surface area contributed by atoms with E-state index in [2.05, 4.69) is 14.9 Å². The quantitative estimate of drug-likeness (QED) is 0.617. The number of methoxy groups -OCH3 is 1. The molecule has 0 saturated heterocycles. The standard InChI is InChI=1S/C16H11F6N3O2/c1-26-8-11-6-10(7-25-13(11)23-24-14(25)15(17,18)19)9-2-4-12(5-3-9)27-16(20,21)22/h2-7H,8H2,1H3. The zero-order valence-electron chi connectivity index (χ0n) is 13.6. The number of aromatic nitrogens is 3. The number of pyridine rings is 1. The van der Waals surface area contributed by atoms with E-state index in [1.165, 1.54) is 25.3 Å². The number of nitrogens with zero attached hydrogens (tertiary/aromatic N) is 3. The summed E-state index contributed by atoms with van der Waals surface area (Å²) in [4.78, 5) is 0. The summed E-state index contributed by atoms with van der Waals surface area (Å²) in [5.74, 6) is -1.65. The predicted octanol–water partition coefficient (Wildman–Crippen LogP) is 4.46. The number of fused-ring (bicyclic) bond motifs is 1. The third kappa shape index (κ3) is 4.13. The van der Waals surface area contributed by atoms with Crippen LogP contribution in [-0.4, -0.2) is 28.1 Å². The number of alkyl halides is 6. The zero-order chi connectivity index (χ0) is 19.8. The lowest BCUT2D eigenvalue weighted by atomic mass is 10.1. The normalized spacial score (nSPS) is 12.6. The second-order valence-corrected chi connectivity index (χ2v) is 5.47. The fourth-order valence-electron chi connectivity index (χ4n) is 2.52. The second kappa shape index (κ2) is 6.72. The molecule has 0 bridgehead atoms. The molecule has 11 heteroatoms. The van der Waals surface area contributed by atoms with Gasteiger partial charge in [0.15, 0.2) is 5.65 Å². The molecule has 0 unspecified atom stereocenters. The molecule has 144 valence electrons. The Kier molecular flexibility index (Phi) is 4.72. The second-order valence-electron chi connectivity index (χ2n) is 5.47. The maximum Gasteiger partial charge on any atom is 0.573 e. The Labute approximate surface area is 148 Å². The summed E-state index contributed by atoms with van der Waals surface area (Å²) in [7, 11) is 1.37. The van der Waals surface area contributed by atoms with Crippen LogP contribution in [0.1, 0.15) is 11.4 Å². The van der Waals surface area contributed by atoms with Gasteiger partial charge in [-0.05, 0) is 29.3 Å². The predicted molar refractivity (Wildman–Crippen MR) is 80.8 cm³/mol. The minimum atomic E-state index is -4.84. The number of rotatable bonds is 4. The molecule has 0 saturated carbocycles. The minimum Gasteiger partial charge on any atom is -0.406 e. The van der Waals surface area contributed by atoms with Crippen molar-refractivity contribution in [1.82, 2.24) is 14.6 Å². The third-order valence-electron chi connectivity index (χ3n) is 3.56. The molecule has 2 heterocycles. The van der Waals surface area contributed by atoms with Crippen LogP contribution >= 0.6 is 0 Å². The topological polar surface area (TPSA) is 48.7 Å². The fourth-order valence-corrected chi connectivity index (χ4v) is 2.52. The van der Waals surface area contributed by atoms with E-state index in [0.717, 1.165) is 22.7 Å². The van der Waals surface area contributed by atoms with Gasteiger partial charge in [-0.3, -0.25) is 4.40 Å². The smallest absolute Gasteiger partial charge is 0.406 e. The van der Waals surface area contributed by atoms with E-state index in [1.54, 1.807) is 0 Å². The first-order chi connectivity index (χ1) is 12.6. The molecular weight excluding hydrogens is 380 g/mol. The van der Waals surface area contributed by atoms with E-state index in [4.69, 9.17) is 4.74 Å². The molecule has 0 fully saturated rings. The van der Waals surface area contributed by atoms with Gasteiger partial charge >= 0.3 is 12.5 Å². The first kappa shape index (κ1) is 19.0. The number of ether oxygens (including phenoxy) is 2. The van der Waals surface area contributed by atoms with Crippen LogP contribution in [0.15, 0.2) is 36.5 Å². The first-order valence-corrected chi connectivity index (χ1v) is 7.38. The Hall–Kier alpha value is -2.82. The van der Waals surface area contributed by atoms with Crippen molar-refractivity contribution in [3.05, 3.63) is 47.9 Å².